The molecule has 0 atom stereocenters. The van der Waals surface area contributed by atoms with Gasteiger partial charge in [-0.3, -0.25) is 9.80 Å². The summed E-state index contributed by atoms with van der Waals surface area (Å²) in [5.74, 6) is 0. The summed E-state index contributed by atoms with van der Waals surface area (Å²) < 4.78 is 0. The van der Waals surface area contributed by atoms with E-state index in [1.165, 1.54) is 32.4 Å². The Balaban J connectivity index is 0.000000342. The minimum absolute atomic E-state index is 0.901. The summed E-state index contributed by atoms with van der Waals surface area (Å²) in [5, 5.41) is 0. The van der Waals surface area contributed by atoms with Crippen LogP contribution in [-0.4, -0.2) is 49.1 Å². The third kappa shape index (κ3) is 10.5. The molecule has 0 radical (unpaired) electrons. The third-order valence-corrected chi connectivity index (χ3v) is 3.00. The van der Waals surface area contributed by atoms with Gasteiger partial charge in [0.2, 0.25) is 0 Å². The van der Waals surface area contributed by atoms with Gasteiger partial charge in [-0.2, -0.15) is 0 Å². The van der Waals surface area contributed by atoms with E-state index in [2.05, 4.69) is 36.1 Å². The Morgan fingerprint density at radius 2 is 1.21 bits per heavy atom. The Hall–Kier alpha value is -1.12. The second-order valence-electron chi connectivity index (χ2n) is 4.73. The molecule has 0 aromatic heterocycles. The third-order valence-electron chi connectivity index (χ3n) is 3.00. The molecular formula is C17H30N2. The maximum atomic E-state index is 3.71. The van der Waals surface area contributed by atoms with E-state index in [4.69, 9.17) is 0 Å². The first kappa shape index (κ1) is 17.9. The van der Waals surface area contributed by atoms with Crippen LogP contribution in [0, 0.1) is 0 Å². The van der Waals surface area contributed by atoms with E-state index in [1.54, 1.807) is 0 Å². The highest BCUT2D eigenvalue weighted by Gasteiger charge is 2.06. The molecule has 1 heterocycles. The van der Waals surface area contributed by atoms with Gasteiger partial charge in [0.25, 0.3) is 0 Å². The van der Waals surface area contributed by atoms with Crippen LogP contribution < -0.4 is 0 Å². The SMILES string of the molecule is C=CCN(CC=C)CC=C.C=CCN1CCCCC1. The van der Waals surface area contributed by atoms with Crippen LogP contribution in [0.4, 0.5) is 0 Å². The highest BCUT2D eigenvalue weighted by Crippen LogP contribution is 2.07. The van der Waals surface area contributed by atoms with Gasteiger partial charge in [0, 0.05) is 26.2 Å². The van der Waals surface area contributed by atoms with Gasteiger partial charge in [0.1, 0.15) is 0 Å². The molecule has 108 valence electrons. The zero-order valence-corrected chi connectivity index (χ0v) is 12.4. The second-order valence-corrected chi connectivity index (χ2v) is 4.73. The summed E-state index contributed by atoms with van der Waals surface area (Å²) >= 11 is 0. The second kappa shape index (κ2) is 13.3. The molecule has 0 amide bonds. The number of rotatable bonds is 8. The molecule has 0 unspecified atom stereocenters. The van der Waals surface area contributed by atoms with Crippen molar-refractivity contribution in [2.75, 3.05) is 39.3 Å². The minimum Gasteiger partial charge on any atom is -0.300 e. The van der Waals surface area contributed by atoms with Crippen molar-refractivity contribution in [2.45, 2.75) is 19.3 Å². The molecule has 1 aliphatic rings. The molecule has 0 aliphatic carbocycles. The topological polar surface area (TPSA) is 6.48 Å². The van der Waals surface area contributed by atoms with Gasteiger partial charge in [0.05, 0.1) is 0 Å². The average Bonchev–Trinajstić information content (AvgIpc) is 2.42. The summed E-state index contributed by atoms with van der Waals surface area (Å²) in [4.78, 5) is 4.64. The van der Waals surface area contributed by atoms with Crippen molar-refractivity contribution in [1.29, 1.82) is 0 Å². The lowest BCUT2D eigenvalue weighted by atomic mass is 10.1. The van der Waals surface area contributed by atoms with Gasteiger partial charge >= 0.3 is 0 Å². The zero-order valence-electron chi connectivity index (χ0n) is 12.4. The highest BCUT2D eigenvalue weighted by atomic mass is 15.1. The Kier molecular flexibility index (Phi) is 12.5. The number of likely N-dealkylation sites (tertiary alicyclic amines) is 1. The van der Waals surface area contributed by atoms with Gasteiger partial charge in [-0.25, -0.2) is 0 Å². The summed E-state index contributed by atoms with van der Waals surface area (Å²) in [5.41, 5.74) is 0. The highest BCUT2D eigenvalue weighted by molar-refractivity contribution is 4.83. The summed E-state index contributed by atoms with van der Waals surface area (Å²) in [6, 6.07) is 0. The summed E-state index contributed by atoms with van der Waals surface area (Å²) in [6.45, 7) is 21.0. The molecule has 0 spiro atoms. The smallest absolute Gasteiger partial charge is 0.0167 e. The van der Waals surface area contributed by atoms with Gasteiger partial charge in [0.15, 0.2) is 0 Å². The lowest BCUT2D eigenvalue weighted by Crippen LogP contribution is -2.29. The van der Waals surface area contributed by atoms with E-state index in [0.717, 1.165) is 26.2 Å². The van der Waals surface area contributed by atoms with E-state index in [9.17, 15) is 0 Å². The molecule has 19 heavy (non-hydrogen) atoms. The van der Waals surface area contributed by atoms with E-state index in [0.29, 0.717) is 0 Å². The van der Waals surface area contributed by atoms with Crippen molar-refractivity contribution in [2.24, 2.45) is 0 Å². The number of piperidine rings is 1. The minimum atomic E-state index is 0.901. The van der Waals surface area contributed by atoms with Crippen LogP contribution >= 0.6 is 0 Å². The summed E-state index contributed by atoms with van der Waals surface area (Å²) in [6.07, 6.45) is 11.8. The van der Waals surface area contributed by atoms with Crippen LogP contribution in [-0.2, 0) is 0 Å². The molecule has 0 saturated carbocycles. The van der Waals surface area contributed by atoms with Crippen LogP contribution in [0.5, 0.6) is 0 Å². The molecule has 1 saturated heterocycles. The van der Waals surface area contributed by atoms with E-state index in [-0.39, 0.29) is 0 Å². The van der Waals surface area contributed by atoms with Gasteiger partial charge < -0.3 is 0 Å². The predicted molar refractivity (Wildman–Crippen MR) is 87.5 cm³/mol. The number of nitrogens with zero attached hydrogens (tertiary/aromatic N) is 2. The molecular weight excluding hydrogens is 232 g/mol. The molecule has 1 rings (SSSR count). The van der Waals surface area contributed by atoms with Gasteiger partial charge in [-0.05, 0) is 25.9 Å². The van der Waals surface area contributed by atoms with Crippen LogP contribution in [0.15, 0.2) is 50.6 Å². The fourth-order valence-corrected chi connectivity index (χ4v) is 2.10. The van der Waals surface area contributed by atoms with Crippen LogP contribution in [0.25, 0.3) is 0 Å². The summed E-state index contributed by atoms with van der Waals surface area (Å²) in [7, 11) is 0. The van der Waals surface area contributed by atoms with Crippen molar-refractivity contribution in [1.82, 2.24) is 9.80 Å². The molecule has 2 nitrogen and oxygen atoms in total. The standard InChI is InChI=1S/C9H15N.C8H15N/c1-4-7-10(8-5-2)9-6-3;1-2-6-9-7-4-3-5-8-9/h4-6H,1-3,7-9H2;2H,1,3-8H2. The Labute approximate surface area is 119 Å². The molecule has 0 aromatic rings. The maximum Gasteiger partial charge on any atom is 0.0167 e. The number of hydrogen-bond donors (Lipinski definition) is 0. The van der Waals surface area contributed by atoms with Crippen LogP contribution in [0.3, 0.4) is 0 Å². The maximum absolute atomic E-state index is 3.71. The largest absolute Gasteiger partial charge is 0.300 e. The fourth-order valence-electron chi connectivity index (χ4n) is 2.10. The monoisotopic (exact) mass is 262 g/mol. The van der Waals surface area contributed by atoms with Crippen molar-refractivity contribution >= 4 is 0 Å². The van der Waals surface area contributed by atoms with Gasteiger partial charge in [-0.1, -0.05) is 30.7 Å². The Morgan fingerprint density at radius 3 is 1.58 bits per heavy atom. The van der Waals surface area contributed by atoms with E-state index in [1.807, 2.05) is 24.3 Å². The van der Waals surface area contributed by atoms with E-state index < -0.39 is 0 Å². The lowest BCUT2D eigenvalue weighted by Gasteiger charge is -2.24. The van der Waals surface area contributed by atoms with Crippen molar-refractivity contribution in [3.8, 4) is 0 Å². The fraction of sp³-hybridized carbons (Fsp3) is 0.529. The average molecular weight is 262 g/mol. The van der Waals surface area contributed by atoms with Crippen molar-refractivity contribution in [3.63, 3.8) is 0 Å². The van der Waals surface area contributed by atoms with Crippen molar-refractivity contribution < 1.29 is 0 Å². The van der Waals surface area contributed by atoms with Gasteiger partial charge in [-0.15, -0.1) is 26.3 Å². The van der Waals surface area contributed by atoms with Crippen LogP contribution in [0.2, 0.25) is 0 Å². The first-order valence-electron chi connectivity index (χ1n) is 7.16. The first-order chi connectivity index (χ1) is 9.28. The normalized spacial score (nSPS) is 15.2. The first-order valence-corrected chi connectivity index (χ1v) is 7.16. The lowest BCUT2D eigenvalue weighted by molar-refractivity contribution is 0.251. The zero-order chi connectivity index (χ0) is 14.3. The predicted octanol–water partition coefficient (Wildman–Crippen LogP) is 3.50. The quantitative estimate of drug-likeness (QED) is 0.618. The molecule has 1 fully saturated rings. The molecule has 0 bridgehead atoms. The number of hydrogen-bond acceptors (Lipinski definition) is 2. The molecule has 0 N–H and O–H groups in total. The van der Waals surface area contributed by atoms with Crippen molar-refractivity contribution in [3.05, 3.63) is 50.6 Å². The molecule has 1 aliphatic heterocycles. The molecule has 0 aromatic carbocycles. The van der Waals surface area contributed by atoms with E-state index >= 15 is 0 Å². The Bertz CT molecular complexity index is 228. The molecule has 2 heteroatoms. The van der Waals surface area contributed by atoms with Crippen LogP contribution in [0.1, 0.15) is 19.3 Å². The Morgan fingerprint density at radius 1 is 0.737 bits per heavy atom.